The van der Waals surface area contributed by atoms with Crippen molar-refractivity contribution in [2.75, 3.05) is 18.9 Å². The number of rotatable bonds is 2. The number of pyridine rings is 2. The molecule has 0 spiro atoms. The maximum absolute atomic E-state index is 9.52. The number of anilines is 1. The average Bonchev–Trinajstić information content (AvgIpc) is 2.67. The van der Waals surface area contributed by atoms with Crippen molar-refractivity contribution in [1.29, 1.82) is 5.26 Å². The van der Waals surface area contributed by atoms with E-state index >= 15 is 0 Å². The van der Waals surface area contributed by atoms with Crippen molar-refractivity contribution in [3.8, 4) is 40.1 Å². The molecule has 1 aliphatic rings. The SMILES string of the molecule is N#Cc1c(-c2ccc3c(c2)OCCO3)cc(-c2ccccn2)nc1N. The molecule has 0 saturated carbocycles. The predicted octanol–water partition coefficient (Wildman–Crippen LogP) is 3.04. The van der Waals surface area contributed by atoms with Gasteiger partial charge >= 0.3 is 0 Å². The van der Waals surface area contributed by atoms with Gasteiger partial charge in [-0.25, -0.2) is 4.98 Å². The van der Waals surface area contributed by atoms with Crippen molar-refractivity contribution < 1.29 is 9.47 Å². The van der Waals surface area contributed by atoms with E-state index in [2.05, 4.69) is 16.0 Å². The molecule has 0 atom stereocenters. The molecular weight excluding hydrogens is 316 g/mol. The highest BCUT2D eigenvalue weighted by Crippen LogP contribution is 2.37. The van der Waals surface area contributed by atoms with Gasteiger partial charge in [0.05, 0.1) is 11.4 Å². The number of nitriles is 1. The van der Waals surface area contributed by atoms with Gasteiger partial charge in [0.2, 0.25) is 0 Å². The minimum Gasteiger partial charge on any atom is -0.486 e. The first-order valence-corrected chi connectivity index (χ1v) is 7.78. The van der Waals surface area contributed by atoms with Gasteiger partial charge in [-0.15, -0.1) is 0 Å². The first-order chi connectivity index (χ1) is 12.3. The van der Waals surface area contributed by atoms with Crippen LogP contribution in [0.15, 0.2) is 48.7 Å². The molecule has 0 bridgehead atoms. The maximum Gasteiger partial charge on any atom is 0.161 e. The van der Waals surface area contributed by atoms with Gasteiger partial charge < -0.3 is 15.2 Å². The quantitative estimate of drug-likeness (QED) is 0.776. The predicted molar refractivity (Wildman–Crippen MR) is 93.0 cm³/mol. The van der Waals surface area contributed by atoms with Crippen LogP contribution in [0.5, 0.6) is 11.5 Å². The van der Waals surface area contributed by atoms with E-state index in [4.69, 9.17) is 15.2 Å². The molecular formula is C19H14N4O2. The molecule has 0 saturated heterocycles. The fraction of sp³-hybridized carbons (Fsp3) is 0.105. The van der Waals surface area contributed by atoms with Crippen LogP contribution in [-0.2, 0) is 0 Å². The Bertz CT molecular complexity index is 981. The summed E-state index contributed by atoms with van der Waals surface area (Å²) < 4.78 is 11.2. The smallest absolute Gasteiger partial charge is 0.161 e. The zero-order valence-corrected chi connectivity index (χ0v) is 13.3. The van der Waals surface area contributed by atoms with Crippen molar-refractivity contribution in [3.05, 3.63) is 54.2 Å². The molecule has 0 amide bonds. The molecule has 6 heteroatoms. The van der Waals surface area contributed by atoms with Crippen LogP contribution in [0, 0.1) is 11.3 Å². The van der Waals surface area contributed by atoms with E-state index in [1.54, 1.807) is 6.20 Å². The van der Waals surface area contributed by atoms with Crippen molar-refractivity contribution in [1.82, 2.24) is 9.97 Å². The Morgan fingerprint density at radius 1 is 1.00 bits per heavy atom. The van der Waals surface area contributed by atoms with E-state index in [1.807, 2.05) is 42.5 Å². The number of ether oxygens (including phenoxy) is 2. The van der Waals surface area contributed by atoms with Crippen molar-refractivity contribution in [3.63, 3.8) is 0 Å². The number of nitrogen functional groups attached to an aromatic ring is 1. The lowest BCUT2D eigenvalue weighted by molar-refractivity contribution is 0.171. The Kier molecular flexibility index (Phi) is 3.67. The van der Waals surface area contributed by atoms with Gasteiger partial charge in [-0.2, -0.15) is 5.26 Å². The minimum atomic E-state index is 0.176. The molecule has 4 rings (SSSR count). The van der Waals surface area contributed by atoms with E-state index in [1.165, 1.54) is 0 Å². The van der Waals surface area contributed by atoms with Crippen LogP contribution in [0.2, 0.25) is 0 Å². The number of nitrogens with zero attached hydrogens (tertiary/aromatic N) is 3. The van der Waals surface area contributed by atoms with Gasteiger partial charge in [0.1, 0.15) is 30.7 Å². The molecule has 0 aliphatic carbocycles. The van der Waals surface area contributed by atoms with Crippen LogP contribution < -0.4 is 15.2 Å². The van der Waals surface area contributed by atoms with Crippen LogP contribution in [0.4, 0.5) is 5.82 Å². The fourth-order valence-electron chi connectivity index (χ4n) is 2.77. The monoisotopic (exact) mass is 330 g/mol. The van der Waals surface area contributed by atoms with Crippen molar-refractivity contribution in [2.45, 2.75) is 0 Å². The molecule has 0 fully saturated rings. The summed E-state index contributed by atoms with van der Waals surface area (Å²) >= 11 is 0. The number of benzene rings is 1. The Hall–Kier alpha value is -3.59. The number of aromatic nitrogens is 2. The number of hydrogen-bond donors (Lipinski definition) is 1. The highest BCUT2D eigenvalue weighted by Gasteiger charge is 2.17. The summed E-state index contributed by atoms with van der Waals surface area (Å²) in [6.45, 7) is 1.03. The first kappa shape index (κ1) is 15.0. The van der Waals surface area contributed by atoms with Crippen LogP contribution in [-0.4, -0.2) is 23.2 Å². The number of hydrogen-bond acceptors (Lipinski definition) is 6. The lowest BCUT2D eigenvalue weighted by Gasteiger charge is -2.19. The summed E-state index contributed by atoms with van der Waals surface area (Å²) in [5, 5.41) is 9.52. The third kappa shape index (κ3) is 2.72. The molecule has 25 heavy (non-hydrogen) atoms. The topological polar surface area (TPSA) is 94.0 Å². The van der Waals surface area contributed by atoms with Gasteiger partial charge in [-0.3, -0.25) is 4.98 Å². The van der Waals surface area contributed by atoms with E-state index in [0.717, 1.165) is 5.56 Å². The van der Waals surface area contributed by atoms with E-state index in [9.17, 15) is 5.26 Å². The van der Waals surface area contributed by atoms with Gasteiger partial charge in [-0.05, 0) is 35.9 Å². The van der Waals surface area contributed by atoms with E-state index in [-0.39, 0.29) is 5.82 Å². The summed E-state index contributed by atoms with van der Waals surface area (Å²) in [4.78, 5) is 8.63. The lowest BCUT2D eigenvalue weighted by atomic mass is 9.99. The van der Waals surface area contributed by atoms with Crippen LogP contribution >= 0.6 is 0 Å². The standard InChI is InChI=1S/C19H14N4O2/c20-11-14-13(12-4-5-17-18(9-12)25-8-7-24-17)10-16(23-19(14)21)15-3-1-2-6-22-15/h1-6,9-10H,7-8H2,(H2,21,23). The molecule has 0 unspecified atom stereocenters. The molecule has 3 aromatic rings. The summed E-state index contributed by atoms with van der Waals surface area (Å²) in [6, 6.07) is 15.1. The largest absolute Gasteiger partial charge is 0.486 e. The molecule has 122 valence electrons. The van der Waals surface area contributed by atoms with Crippen LogP contribution in [0.3, 0.4) is 0 Å². The average molecular weight is 330 g/mol. The van der Waals surface area contributed by atoms with Gasteiger partial charge in [0, 0.05) is 11.8 Å². The summed E-state index contributed by atoms with van der Waals surface area (Å²) in [5.41, 5.74) is 9.16. The highest BCUT2D eigenvalue weighted by molar-refractivity contribution is 5.80. The summed E-state index contributed by atoms with van der Waals surface area (Å²) in [5.74, 6) is 1.53. The number of nitrogens with two attached hydrogens (primary N) is 1. The summed E-state index contributed by atoms with van der Waals surface area (Å²) in [7, 11) is 0. The number of fused-ring (bicyclic) bond motifs is 1. The maximum atomic E-state index is 9.52. The lowest BCUT2D eigenvalue weighted by Crippen LogP contribution is -2.15. The molecule has 1 aromatic carbocycles. The minimum absolute atomic E-state index is 0.176. The molecule has 6 nitrogen and oxygen atoms in total. The Labute approximate surface area is 144 Å². The van der Waals surface area contributed by atoms with Gasteiger partial charge in [0.15, 0.2) is 11.5 Å². The Morgan fingerprint density at radius 2 is 1.84 bits per heavy atom. The first-order valence-electron chi connectivity index (χ1n) is 7.78. The highest BCUT2D eigenvalue weighted by atomic mass is 16.6. The molecule has 3 heterocycles. The second-order valence-electron chi connectivity index (χ2n) is 5.50. The second-order valence-corrected chi connectivity index (χ2v) is 5.50. The van der Waals surface area contributed by atoms with Crippen molar-refractivity contribution >= 4 is 5.82 Å². The second kappa shape index (κ2) is 6.13. The fourth-order valence-corrected chi connectivity index (χ4v) is 2.77. The van der Waals surface area contributed by atoms with E-state index in [0.29, 0.717) is 47.2 Å². The van der Waals surface area contributed by atoms with Gasteiger partial charge in [0.25, 0.3) is 0 Å². The third-order valence-corrected chi connectivity index (χ3v) is 3.94. The van der Waals surface area contributed by atoms with Crippen LogP contribution in [0.25, 0.3) is 22.5 Å². The van der Waals surface area contributed by atoms with Crippen molar-refractivity contribution in [2.24, 2.45) is 0 Å². The zero-order chi connectivity index (χ0) is 17.2. The zero-order valence-electron chi connectivity index (χ0n) is 13.3. The summed E-state index contributed by atoms with van der Waals surface area (Å²) in [6.07, 6.45) is 1.69. The Balaban J connectivity index is 1.89. The van der Waals surface area contributed by atoms with E-state index < -0.39 is 0 Å². The molecule has 1 aliphatic heterocycles. The Morgan fingerprint density at radius 3 is 2.60 bits per heavy atom. The molecule has 2 aromatic heterocycles. The van der Waals surface area contributed by atoms with Gasteiger partial charge in [-0.1, -0.05) is 12.1 Å². The molecule has 2 N–H and O–H groups in total. The molecule has 0 radical (unpaired) electrons. The van der Waals surface area contributed by atoms with Crippen LogP contribution in [0.1, 0.15) is 5.56 Å². The normalized spacial score (nSPS) is 12.4. The third-order valence-electron chi connectivity index (χ3n) is 3.94.